The number of benzene rings is 4. The first-order chi connectivity index (χ1) is 19.5. The van der Waals surface area contributed by atoms with Crippen LogP contribution < -0.4 is 24.4 Å². The zero-order valence-corrected chi connectivity index (χ0v) is 23.1. The molecule has 1 N–H and O–H groups in total. The van der Waals surface area contributed by atoms with Crippen LogP contribution in [0, 0.1) is 0 Å². The fourth-order valence-electron chi connectivity index (χ4n) is 3.61. The molecule has 0 aromatic heterocycles. The molecule has 8 heteroatoms. The summed E-state index contributed by atoms with van der Waals surface area (Å²) in [5, 5.41) is 4.75. The normalized spacial score (nSPS) is 11.6. The maximum Gasteiger partial charge on any atom is 0.280 e. The standard InChI is InChI=1S/C32H31ClN2O5/c1-3-37-31-19-26(11-18-30(31)39-22-25-9-12-27(33)13-10-25)20-34-35-32(36)23(2)40-29-16-14-28(15-17-29)38-21-24-7-5-4-6-8-24/h4-20,23H,3,21-22H2,1-2H3,(H,35,36)/b34-20-/t23-/m1/s1. The van der Waals surface area contributed by atoms with E-state index in [4.69, 9.17) is 30.5 Å². The van der Waals surface area contributed by atoms with Gasteiger partial charge < -0.3 is 18.9 Å². The predicted molar refractivity (Wildman–Crippen MR) is 156 cm³/mol. The molecule has 4 aromatic rings. The number of amides is 1. The Morgan fingerprint density at radius 1 is 0.825 bits per heavy atom. The molecule has 1 amide bonds. The SMILES string of the molecule is CCOc1cc(/C=N\NC(=O)[C@@H](C)Oc2ccc(OCc3ccccc3)cc2)ccc1OCc1ccc(Cl)cc1. The summed E-state index contributed by atoms with van der Waals surface area (Å²) in [5.74, 6) is 2.07. The first kappa shape index (κ1) is 28.5. The van der Waals surface area contributed by atoms with Crippen molar-refractivity contribution in [3.8, 4) is 23.0 Å². The number of hydrazone groups is 1. The van der Waals surface area contributed by atoms with Crippen LogP contribution in [0.4, 0.5) is 0 Å². The lowest BCUT2D eigenvalue weighted by Gasteiger charge is -2.14. The molecule has 7 nitrogen and oxygen atoms in total. The number of halogens is 1. The third-order valence-corrected chi connectivity index (χ3v) is 5.97. The van der Waals surface area contributed by atoms with Crippen molar-refractivity contribution in [3.05, 3.63) is 119 Å². The highest BCUT2D eigenvalue weighted by Crippen LogP contribution is 2.29. The van der Waals surface area contributed by atoms with Crippen LogP contribution in [0.5, 0.6) is 23.0 Å². The van der Waals surface area contributed by atoms with Crippen molar-refractivity contribution in [2.24, 2.45) is 5.10 Å². The summed E-state index contributed by atoms with van der Waals surface area (Å²) in [7, 11) is 0. The van der Waals surface area contributed by atoms with Gasteiger partial charge in [0.15, 0.2) is 17.6 Å². The van der Waals surface area contributed by atoms with Crippen LogP contribution in [-0.4, -0.2) is 24.8 Å². The largest absolute Gasteiger partial charge is 0.490 e. The van der Waals surface area contributed by atoms with E-state index < -0.39 is 6.10 Å². The molecule has 1 atom stereocenters. The molecular formula is C32H31ClN2O5. The van der Waals surface area contributed by atoms with Crippen LogP contribution in [0.3, 0.4) is 0 Å². The van der Waals surface area contributed by atoms with Gasteiger partial charge in [-0.25, -0.2) is 5.43 Å². The van der Waals surface area contributed by atoms with Crippen LogP contribution in [0.2, 0.25) is 5.02 Å². The third kappa shape index (κ3) is 8.78. The van der Waals surface area contributed by atoms with E-state index in [-0.39, 0.29) is 5.91 Å². The molecule has 206 valence electrons. The average molecular weight is 559 g/mol. The number of nitrogens with one attached hydrogen (secondary N) is 1. The predicted octanol–water partition coefficient (Wildman–Crippen LogP) is 6.81. The minimum absolute atomic E-state index is 0.377. The molecule has 4 aromatic carbocycles. The maximum absolute atomic E-state index is 12.5. The molecule has 0 spiro atoms. The molecule has 0 radical (unpaired) electrons. The quantitative estimate of drug-likeness (QED) is 0.144. The Morgan fingerprint density at radius 2 is 1.50 bits per heavy atom. The summed E-state index contributed by atoms with van der Waals surface area (Å²) in [4.78, 5) is 12.5. The Balaban J connectivity index is 1.26. The molecular weight excluding hydrogens is 528 g/mol. The van der Waals surface area contributed by atoms with Gasteiger partial charge in [0, 0.05) is 5.02 Å². The molecule has 0 aliphatic heterocycles. The van der Waals surface area contributed by atoms with E-state index in [1.165, 1.54) is 6.21 Å². The van der Waals surface area contributed by atoms with Gasteiger partial charge in [-0.15, -0.1) is 0 Å². The molecule has 0 fully saturated rings. The molecule has 4 rings (SSSR count). The van der Waals surface area contributed by atoms with Gasteiger partial charge in [0.05, 0.1) is 12.8 Å². The van der Waals surface area contributed by atoms with E-state index in [2.05, 4.69) is 10.5 Å². The maximum atomic E-state index is 12.5. The van der Waals surface area contributed by atoms with E-state index >= 15 is 0 Å². The molecule has 40 heavy (non-hydrogen) atoms. The molecule has 0 saturated heterocycles. The lowest BCUT2D eigenvalue weighted by Crippen LogP contribution is -2.33. The van der Waals surface area contributed by atoms with Crippen LogP contribution in [0.15, 0.2) is 102 Å². The first-order valence-corrected chi connectivity index (χ1v) is 13.3. The number of nitrogens with zero attached hydrogens (tertiary/aromatic N) is 1. The van der Waals surface area contributed by atoms with E-state index in [0.29, 0.717) is 47.8 Å². The highest BCUT2D eigenvalue weighted by molar-refractivity contribution is 6.30. The summed E-state index contributed by atoms with van der Waals surface area (Å²) in [6.45, 7) is 4.89. The third-order valence-electron chi connectivity index (χ3n) is 5.72. The van der Waals surface area contributed by atoms with Crippen LogP contribution in [0.25, 0.3) is 0 Å². The lowest BCUT2D eigenvalue weighted by molar-refractivity contribution is -0.127. The summed E-state index contributed by atoms with van der Waals surface area (Å²) < 4.78 is 23.2. The van der Waals surface area contributed by atoms with Gasteiger partial charge in [-0.2, -0.15) is 5.10 Å². The van der Waals surface area contributed by atoms with Crippen molar-refractivity contribution in [1.82, 2.24) is 5.43 Å². The number of carbonyl (C=O) groups is 1. The van der Waals surface area contributed by atoms with Gasteiger partial charge in [0.2, 0.25) is 0 Å². The van der Waals surface area contributed by atoms with Gasteiger partial charge in [-0.3, -0.25) is 4.79 Å². The van der Waals surface area contributed by atoms with Crippen molar-refractivity contribution < 1.29 is 23.7 Å². The number of carbonyl (C=O) groups excluding carboxylic acids is 1. The number of hydrogen-bond acceptors (Lipinski definition) is 6. The minimum Gasteiger partial charge on any atom is -0.490 e. The second-order valence-corrected chi connectivity index (χ2v) is 9.23. The molecule has 0 unspecified atom stereocenters. The fraction of sp³-hybridized carbons (Fsp3) is 0.188. The van der Waals surface area contributed by atoms with E-state index in [1.54, 1.807) is 37.3 Å². The van der Waals surface area contributed by atoms with Gasteiger partial charge in [-0.1, -0.05) is 54.1 Å². The first-order valence-electron chi connectivity index (χ1n) is 12.9. The van der Waals surface area contributed by atoms with E-state index in [1.807, 2.05) is 73.7 Å². The van der Waals surface area contributed by atoms with Crippen molar-refractivity contribution in [3.63, 3.8) is 0 Å². The van der Waals surface area contributed by atoms with Crippen LogP contribution >= 0.6 is 11.6 Å². The fourth-order valence-corrected chi connectivity index (χ4v) is 3.73. The zero-order chi connectivity index (χ0) is 28.2. The average Bonchev–Trinajstić information content (AvgIpc) is 2.98. The second kappa shape index (κ2) is 14.6. The summed E-state index contributed by atoms with van der Waals surface area (Å²) in [6, 6.07) is 30.0. The highest BCUT2D eigenvalue weighted by atomic mass is 35.5. The molecule has 0 heterocycles. The lowest BCUT2D eigenvalue weighted by atomic mass is 10.2. The summed E-state index contributed by atoms with van der Waals surface area (Å²) in [5.41, 5.74) is 5.33. The summed E-state index contributed by atoms with van der Waals surface area (Å²) >= 11 is 5.95. The van der Waals surface area contributed by atoms with E-state index in [0.717, 1.165) is 16.7 Å². The zero-order valence-electron chi connectivity index (χ0n) is 22.4. The highest BCUT2D eigenvalue weighted by Gasteiger charge is 2.14. The van der Waals surface area contributed by atoms with Gasteiger partial charge in [0.1, 0.15) is 24.7 Å². The number of rotatable bonds is 13. The Labute approximate surface area is 239 Å². The van der Waals surface area contributed by atoms with Crippen molar-refractivity contribution in [1.29, 1.82) is 0 Å². The Morgan fingerprint density at radius 3 is 2.23 bits per heavy atom. The summed E-state index contributed by atoms with van der Waals surface area (Å²) in [6.07, 6.45) is 0.783. The van der Waals surface area contributed by atoms with E-state index in [9.17, 15) is 4.79 Å². The van der Waals surface area contributed by atoms with Crippen LogP contribution in [0.1, 0.15) is 30.5 Å². The van der Waals surface area contributed by atoms with Crippen molar-refractivity contribution in [2.75, 3.05) is 6.61 Å². The molecule has 0 bridgehead atoms. The Hall–Kier alpha value is -4.49. The van der Waals surface area contributed by atoms with Crippen LogP contribution in [-0.2, 0) is 18.0 Å². The second-order valence-electron chi connectivity index (χ2n) is 8.79. The molecule has 0 saturated carbocycles. The van der Waals surface area contributed by atoms with Gasteiger partial charge in [-0.05, 0) is 85.1 Å². The molecule has 0 aliphatic rings. The minimum atomic E-state index is -0.754. The molecule has 0 aliphatic carbocycles. The van der Waals surface area contributed by atoms with Crippen molar-refractivity contribution in [2.45, 2.75) is 33.2 Å². The number of ether oxygens (including phenoxy) is 4. The topological polar surface area (TPSA) is 78.4 Å². The Kier molecular flexibility index (Phi) is 10.4. The smallest absolute Gasteiger partial charge is 0.280 e. The Bertz CT molecular complexity index is 1390. The van der Waals surface area contributed by atoms with Gasteiger partial charge >= 0.3 is 0 Å². The number of hydrogen-bond donors (Lipinski definition) is 1. The van der Waals surface area contributed by atoms with Crippen molar-refractivity contribution >= 4 is 23.7 Å². The van der Waals surface area contributed by atoms with Gasteiger partial charge in [0.25, 0.3) is 5.91 Å². The monoisotopic (exact) mass is 558 g/mol.